The van der Waals surface area contributed by atoms with Crippen LogP contribution in [0.3, 0.4) is 0 Å². The highest BCUT2D eigenvalue weighted by molar-refractivity contribution is 5.84. The molecule has 0 aliphatic heterocycles. The summed E-state index contributed by atoms with van der Waals surface area (Å²) >= 11 is 0. The van der Waals surface area contributed by atoms with Crippen molar-refractivity contribution in [2.24, 2.45) is 12.5 Å². The molecule has 0 amide bonds. The number of hydrogen-bond acceptors (Lipinski definition) is 2. The predicted octanol–water partition coefficient (Wildman–Crippen LogP) is 3.79. The third-order valence-corrected chi connectivity index (χ3v) is 5.15. The molecule has 25 heavy (non-hydrogen) atoms. The summed E-state index contributed by atoms with van der Waals surface area (Å²) in [5.74, 6) is -1.32. The first kappa shape index (κ1) is 16.0. The zero-order valence-electron chi connectivity index (χ0n) is 14.4. The first-order valence-electron chi connectivity index (χ1n) is 8.31. The number of pyridine rings is 1. The first-order chi connectivity index (χ1) is 11.8. The molecule has 2 aromatic heterocycles. The lowest BCUT2D eigenvalue weighted by molar-refractivity contribution is 0.460. The lowest BCUT2D eigenvalue weighted by Gasteiger charge is -2.10. The molecule has 1 aliphatic carbocycles. The van der Waals surface area contributed by atoms with E-state index in [2.05, 4.69) is 11.9 Å². The predicted molar refractivity (Wildman–Crippen MR) is 92.4 cm³/mol. The van der Waals surface area contributed by atoms with E-state index < -0.39 is 11.8 Å². The van der Waals surface area contributed by atoms with E-state index in [-0.39, 0.29) is 27.7 Å². The smallest absolute Gasteiger partial charge is 0.292 e. The lowest BCUT2D eigenvalue weighted by atomic mass is 10.0. The Morgan fingerprint density at radius 2 is 1.96 bits per heavy atom. The quantitative estimate of drug-likeness (QED) is 0.679. The summed E-state index contributed by atoms with van der Waals surface area (Å²) in [7, 11) is 1.55. The van der Waals surface area contributed by atoms with Crippen LogP contribution < -0.4 is 5.69 Å². The van der Waals surface area contributed by atoms with Gasteiger partial charge in [-0.05, 0) is 48.9 Å². The van der Waals surface area contributed by atoms with Crippen LogP contribution in [0.15, 0.2) is 29.2 Å². The van der Waals surface area contributed by atoms with Crippen LogP contribution in [0.1, 0.15) is 25.3 Å². The van der Waals surface area contributed by atoms with Gasteiger partial charge in [-0.25, -0.2) is 14.2 Å². The number of aryl methyl sites for hydroxylation is 2. The van der Waals surface area contributed by atoms with Crippen LogP contribution in [-0.2, 0) is 13.6 Å². The highest BCUT2D eigenvalue weighted by Crippen LogP contribution is 2.46. The van der Waals surface area contributed by atoms with E-state index in [1.165, 1.54) is 16.8 Å². The van der Waals surface area contributed by atoms with Gasteiger partial charge in [0.15, 0.2) is 5.82 Å². The van der Waals surface area contributed by atoms with Gasteiger partial charge in [0.05, 0.1) is 5.52 Å². The van der Waals surface area contributed by atoms with Crippen molar-refractivity contribution in [1.29, 1.82) is 0 Å². The molecule has 3 aromatic rings. The normalized spacial score (nSPS) is 15.7. The van der Waals surface area contributed by atoms with Crippen molar-refractivity contribution in [3.05, 3.63) is 52.2 Å². The zero-order valence-corrected chi connectivity index (χ0v) is 14.4. The van der Waals surface area contributed by atoms with Gasteiger partial charge in [0.2, 0.25) is 5.95 Å². The molecule has 1 saturated carbocycles. The molecule has 0 radical (unpaired) electrons. The van der Waals surface area contributed by atoms with Crippen LogP contribution in [0, 0.1) is 24.1 Å². The first-order valence-corrected chi connectivity index (χ1v) is 8.31. The SMILES string of the molecule is Cc1cnc(F)c(-c2ccc3c(c2F)n(C)c(=O)n3CC2(C)CC2)c1. The fourth-order valence-electron chi connectivity index (χ4n) is 3.33. The molecule has 0 bridgehead atoms. The minimum absolute atomic E-state index is 0.105. The van der Waals surface area contributed by atoms with Crippen LogP contribution in [0.25, 0.3) is 22.2 Å². The van der Waals surface area contributed by atoms with Crippen molar-refractivity contribution in [1.82, 2.24) is 14.1 Å². The van der Waals surface area contributed by atoms with Crippen LogP contribution in [0.5, 0.6) is 0 Å². The number of imidazole rings is 1. The molecular formula is C19H19F2N3O. The van der Waals surface area contributed by atoms with Gasteiger partial charge in [0.1, 0.15) is 5.52 Å². The molecule has 2 heterocycles. The number of fused-ring (bicyclic) bond motifs is 1. The Balaban J connectivity index is 1.96. The topological polar surface area (TPSA) is 39.8 Å². The highest BCUT2D eigenvalue weighted by atomic mass is 19.1. The van der Waals surface area contributed by atoms with Crippen molar-refractivity contribution in [2.45, 2.75) is 33.2 Å². The van der Waals surface area contributed by atoms with Crippen molar-refractivity contribution in [2.75, 3.05) is 0 Å². The van der Waals surface area contributed by atoms with E-state index >= 15 is 4.39 Å². The number of hydrogen-bond donors (Lipinski definition) is 0. The standard InChI is InChI=1S/C19H19F2N3O/c1-11-8-13(17(21)22-9-11)12-4-5-14-16(15(12)20)23(3)18(25)24(14)10-19(2)6-7-19/h4-5,8-9H,6-7,10H2,1-3H3. The van der Waals surface area contributed by atoms with Gasteiger partial charge >= 0.3 is 5.69 Å². The summed E-state index contributed by atoms with van der Waals surface area (Å²) in [5, 5.41) is 0. The van der Waals surface area contributed by atoms with E-state index in [4.69, 9.17) is 0 Å². The molecule has 1 aliphatic rings. The van der Waals surface area contributed by atoms with E-state index in [0.717, 1.165) is 18.4 Å². The Morgan fingerprint density at radius 1 is 1.24 bits per heavy atom. The van der Waals surface area contributed by atoms with Gasteiger partial charge in [0.25, 0.3) is 0 Å². The number of rotatable bonds is 3. The van der Waals surface area contributed by atoms with E-state index in [1.807, 2.05) is 0 Å². The number of halogens is 2. The number of aromatic nitrogens is 3. The zero-order chi connectivity index (χ0) is 17.9. The Hall–Kier alpha value is -2.50. The molecule has 1 fully saturated rings. The highest BCUT2D eigenvalue weighted by Gasteiger charge is 2.38. The van der Waals surface area contributed by atoms with Crippen LogP contribution in [-0.4, -0.2) is 14.1 Å². The average molecular weight is 343 g/mol. The van der Waals surface area contributed by atoms with E-state index in [9.17, 15) is 9.18 Å². The molecule has 0 N–H and O–H groups in total. The van der Waals surface area contributed by atoms with Crippen molar-refractivity contribution >= 4 is 11.0 Å². The van der Waals surface area contributed by atoms with Gasteiger partial charge in [-0.3, -0.25) is 9.13 Å². The third-order valence-electron chi connectivity index (χ3n) is 5.15. The summed E-state index contributed by atoms with van der Waals surface area (Å²) < 4.78 is 32.2. The third kappa shape index (κ3) is 2.47. The number of benzene rings is 1. The Labute approximate surface area is 143 Å². The molecule has 4 nitrogen and oxygen atoms in total. The second-order valence-corrected chi connectivity index (χ2v) is 7.38. The maximum atomic E-state index is 15.2. The summed E-state index contributed by atoms with van der Waals surface area (Å²) in [6.07, 6.45) is 3.53. The molecule has 130 valence electrons. The van der Waals surface area contributed by atoms with Gasteiger partial charge in [0, 0.05) is 30.9 Å². The average Bonchev–Trinajstić information content (AvgIpc) is 3.25. The van der Waals surface area contributed by atoms with Crippen LogP contribution in [0.4, 0.5) is 8.78 Å². The van der Waals surface area contributed by atoms with Crippen molar-refractivity contribution < 1.29 is 8.78 Å². The minimum atomic E-state index is -0.723. The van der Waals surface area contributed by atoms with Gasteiger partial charge in [-0.1, -0.05) is 6.92 Å². The maximum Gasteiger partial charge on any atom is 0.328 e. The van der Waals surface area contributed by atoms with Gasteiger partial charge < -0.3 is 0 Å². The summed E-state index contributed by atoms with van der Waals surface area (Å²) in [6.45, 7) is 4.47. The lowest BCUT2D eigenvalue weighted by Crippen LogP contribution is -2.25. The van der Waals surface area contributed by atoms with Crippen molar-refractivity contribution in [3.8, 4) is 11.1 Å². The molecule has 0 atom stereocenters. The number of nitrogens with zero attached hydrogens (tertiary/aromatic N) is 3. The molecule has 6 heteroatoms. The molecule has 0 saturated heterocycles. The Kier molecular flexibility index (Phi) is 3.36. The van der Waals surface area contributed by atoms with Crippen molar-refractivity contribution in [3.63, 3.8) is 0 Å². The fourth-order valence-corrected chi connectivity index (χ4v) is 3.33. The molecule has 0 spiro atoms. The Morgan fingerprint density at radius 3 is 2.64 bits per heavy atom. The second kappa shape index (κ2) is 5.25. The molecule has 1 aromatic carbocycles. The van der Waals surface area contributed by atoms with E-state index in [0.29, 0.717) is 12.1 Å². The maximum absolute atomic E-state index is 15.2. The van der Waals surface area contributed by atoms with E-state index in [1.54, 1.807) is 30.7 Å². The van der Waals surface area contributed by atoms with Crippen LogP contribution in [0.2, 0.25) is 0 Å². The largest absolute Gasteiger partial charge is 0.328 e. The summed E-state index contributed by atoms with van der Waals surface area (Å²) in [6, 6.07) is 4.79. The molecular weight excluding hydrogens is 324 g/mol. The fraction of sp³-hybridized carbons (Fsp3) is 0.368. The monoisotopic (exact) mass is 343 g/mol. The van der Waals surface area contributed by atoms with Gasteiger partial charge in [-0.2, -0.15) is 4.39 Å². The summed E-state index contributed by atoms with van der Waals surface area (Å²) in [5.41, 5.74) is 1.57. The van der Waals surface area contributed by atoms with Crippen LogP contribution >= 0.6 is 0 Å². The molecule has 0 unspecified atom stereocenters. The second-order valence-electron chi connectivity index (χ2n) is 7.38. The Bertz CT molecular complexity index is 1060. The summed E-state index contributed by atoms with van der Waals surface area (Å²) in [4.78, 5) is 16.3. The molecule has 4 rings (SSSR count). The minimum Gasteiger partial charge on any atom is -0.292 e. The van der Waals surface area contributed by atoms with Gasteiger partial charge in [-0.15, -0.1) is 0 Å².